The van der Waals surface area contributed by atoms with Crippen LogP contribution in [-0.4, -0.2) is 26.9 Å². The quantitative estimate of drug-likeness (QED) is 0.764. The lowest BCUT2D eigenvalue weighted by atomic mass is 10.3. The number of carbonyl (C=O) groups is 1. The van der Waals surface area contributed by atoms with Crippen LogP contribution in [-0.2, 0) is 4.79 Å². The molecule has 0 radical (unpaired) electrons. The van der Waals surface area contributed by atoms with Crippen LogP contribution in [0.2, 0.25) is 0 Å². The van der Waals surface area contributed by atoms with Gasteiger partial charge in [-0.1, -0.05) is 0 Å². The first-order chi connectivity index (χ1) is 6.50. The fourth-order valence-corrected chi connectivity index (χ4v) is 0.986. The second kappa shape index (κ2) is 4.13. The van der Waals surface area contributed by atoms with Gasteiger partial charge in [0, 0.05) is 18.3 Å². The van der Waals surface area contributed by atoms with Crippen molar-refractivity contribution < 1.29 is 9.90 Å². The predicted molar refractivity (Wildman–Crippen MR) is 53.3 cm³/mol. The highest BCUT2D eigenvalue weighted by Gasteiger charge is 2.11. The zero-order chi connectivity index (χ0) is 10.7. The van der Waals surface area contributed by atoms with Gasteiger partial charge >= 0.3 is 5.97 Å². The first-order valence-electron chi connectivity index (χ1n) is 4.55. The molecule has 5 nitrogen and oxygen atoms in total. The smallest absolute Gasteiger partial charge is 0.325 e. The van der Waals surface area contributed by atoms with Crippen LogP contribution in [0.5, 0.6) is 0 Å². The number of hydrogen-bond donors (Lipinski definition) is 2. The van der Waals surface area contributed by atoms with Crippen molar-refractivity contribution in [3.8, 4) is 0 Å². The van der Waals surface area contributed by atoms with Crippen molar-refractivity contribution in [1.82, 2.24) is 9.78 Å². The number of carboxylic acid groups (broad SMARTS) is 1. The molecule has 1 rings (SSSR count). The first kappa shape index (κ1) is 10.6. The molecule has 1 unspecified atom stereocenters. The number of nitrogens with one attached hydrogen (secondary N) is 1. The van der Waals surface area contributed by atoms with Gasteiger partial charge in [-0.3, -0.25) is 9.48 Å². The number of anilines is 1. The highest BCUT2D eigenvalue weighted by Crippen LogP contribution is 2.08. The van der Waals surface area contributed by atoms with E-state index in [9.17, 15) is 4.79 Å². The molecule has 78 valence electrons. The van der Waals surface area contributed by atoms with Crippen LogP contribution in [0.1, 0.15) is 26.8 Å². The molecule has 5 heteroatoms. The topological polar surface area (TPSA) is 67.2 Å². The minimum atomic E-state index is -0.885. The summed E-state index contributed by atoms with van der Waals surface area (Å²) in [5, 5.41) is 15.6. The molecular formula is C9H15N3O2. The van der Waals surface area contributed by atoms with E-state index in [1.807, 2.05) is 20.0 Å². The van der Waals surface area contributed by atoms with Crippen LogP contribution in [0, 0.1) is 0 Å². The van der Waals surface area contributed by atoms with Crippen molar-refractivity contribution in [1.29, 1.82) is 0 Å². The molecule has 1 aromatic rings. The lowest BCUT2D eigenvalue weighted by molar-refractivity contribution is -0.137. The van der Waals surface area contributed by atoms with E-state index in [4.69, 9.17) is 5.11 Å². The lowest BCUT2D eigenvalue weighted by Gasteiger charge is -2.08. The maximum atomic E-state index is 10.5. The van der Waals surface area contributed by atoms with Gasteiger partial charge in [0.1, 0.15) is 11.9 Å². The third kappa shape index (κ3) is 2.48. The van der Waals surface area contributed by atoms with Gasteiger partial charge in [0.05, 0.1) is 0 Å². The van der Waals surface area contributed by atoms with Gasteiger partial charge in [-0.25, -0.2) is 0 Å². The molecule has 0 aliphatic carbocycles. The summed E-state index contributed by atoms with van der Waals surface area (Å²) in [7, 11) is 0. The summed E-state index contributed by atoms with van der Waals surface area (Å²) in [4.78, 5) is 10.5. The molecular weight excluding hydrogens is 182 g/mol. The fourth-order valence-electron chi connectivity index (χ4n) is 0.986. The van der Waals surface area contributed by atoms with Crippen LogP contribution in [0.25, 0.3) is 0 Å². The van der Waals surface area contributed by atoms with Gasteiger partial charge in [-0.05, 0) is 20.8 Å². The molecule has 0 saturated carbocycles. The summed E-state index contributed by atoms with van der Waals surface area (Å²) in [6, 6.07) is 1.43. The van der Waals surface area contributed by atoms with Crippen molar-refractivity contribution in [3.63, 3.8) is 0 Å². The van der Waals surface area contributed by atoms with Crippen LogP contribution in [0.15, 0.2) is 12.3 Å². The Morgan fingerprint density at radius 2 is 2.21 bits per heavy atom. The molecule has 1 atom stereocenters. The normalized spacial score (nSPS) is 12.9. The van der Waals surface area contributed by atoms with Crippen molar-refractivity contribution in [3.05, 3.63) is 12.3 Å². The van der Waals surface area contributed by atoms with E-state index < -0.39 is 12.0 Å². The Kier molecular flexibility index (Phi) is 3.11. The second-order valence-corrected chi connectivity index (χ2v) is 3.48. The number of aromatic nitrogens is 2. The highest BCUT2D eigenvalue weighted by atomic mass is 16.4. The van der Waals surface area contributed by atoms with E-state index in [0.717, 1.165) is 0 Å². The minimum Gasteiger partial charge on any atom is -0.480 e. The van der Waals surface area contributed by atoms with Crippen LogP contribution < -0.4 is 5.32 Å². The van der Waals surface area contributed by atoms with Crippen LogP contribution >= 0.6 is 0 Å². The Morgan fingerprint density at radius 3 is 2.64 bits per heavy atom. The van der Waals surface area contributed by atoms with Crippen molar-refractivity contribution in [2.75, 3.05) is 5.32 Å². The number of carboxylic acids is 1. The summed E-state index contributed by atoms with van der Waals surface area (Å²) < 4.78 is 1.77. The van der Waals surface area contributed by atoms with Gasteiger partial charge in [0.15, 0.2) is 0 Å². The molecule has 2 N–H and O–H groups in total. The van der Waals surface area contributed by atoms with Gasteiger partial charge in [0.2, 0.25) is 0 Å². The van der Waals surface area contributed by atoms with Gasteiger partial charge in [0.25, 0.3) is 0 Å². The minimum absolute atomic E-state index is 0.283. The molecule has 0 bridgehead atoms. The molecule has 0 spiro atoms. The maximum Gasteiger partial charge on any atom is 0.325 e. The molecule has 0 aliphatic rings. The highest BCUT2D eigenvalue weighted by molar-refractivity contribution is 5.76. The van der Waals surface area contributed by atoms with Gasteiger partial charge in [-0.2, -0.15) is 5.10 Å². The largest absolute Gasteiger partial charge is 0.480 e. The van der Waals surface area contributed by atoms with E-state index in [2.05, 4.69) is 10.4 Å². The number of nitrogens with zero attached hydrogens (tertiary/aromatic N) is 2. The van der Waals surface area contributed by atoms with Crippen molar-refractivity contribution >= 4 is 11.8 Å². The molecule has 0 saturated heterocycles. The average Bonchev–Trinajstić information content (AvgIpc) is 2.52. The van der Waals surface area contributed by atoms with E-state index >= 15 is 0 Å². The molecule has 0 amide bonds. The van der Waals surface area contributed by atoms with E-state index in [1.54, 1.807) is 17.7 Å². The Hall–Kier alpha value is -1.52. The molecule has 14 heavy (non-hydrogen) atoms. The van der Waals surface area contributed by atoms with E-state index in [0.29, 0.717) is 5.82 Å². The van der Waals surface area contributed by atoms with Crippen LogP contribution in [0.4, 0.5) is 5.82 Å². The third-order valence-corrected chi connectivity index (χ3v) is 1.87. The Labute approximate surface area is 82.7 Å². The van der Waals surface area contributed by atoms with Gasteiger partial charge in [-0.15, -0.1) is 0 Å². The maximum absolute atomic E-state index is 10.5. The fraction of sp³-hybridized carbons (Fsp3) is 0.556. The molecule has 0 aromatic carbocycles. The average molecular weight is 197 g/mol. The number of aliphatic carboxylic acids is 1. The third-order valence-electron chi connectivity index (χ3n) is 1.87. The molecule has 0 fully saturated rings. The van der Waals surface area contributed by atoms with Gasteiger partial charge < -0.3 is 10.4 Å². The van der Waals surface area contributed by atoms with E-state index in [-0.39, 0.29) is 6.04 Å². The number of hydrogen-bond acceptors (Lipinski definition) is 3. The summed E-state index contributed by atoms with van der Waals surface area (Å²) in [6.07, 6.45) is 1.82. The Morgan fingerprint density at radius 1 is 1.57 bits per heavy atom. The summed E-state index contributed by atoms with van der Waals surface area (Å²) in [6.45, 7) is 5.60. The zero-order valence-electron chi connectivity index (χ0n) is 8.56. The zero-order valence-corrected chi connectivity index (χ0v) is 8.56. The van der Waals surface area contributed by atoms with Crippen LogP contribution in [0.3, 0.4) is 0 Å². The lowest BCUT2D eigenvalue weighted by Crippen LogP contribution is -2.25. The summed E-state index contributed by atoms with van der Waals surface area (Å²) in [5.74, 6) is -0.294. The number of rotatable bonds is 4. The Balaban J connectivity index is 2.64. The molecule has 0 aliphatic heterocycles. The second-order valence-electron chi connectivity index (χ2n) is 3.48. The monoisotopic (exact) mass is 197 g/mol. The molecule has 1 aromatic heterocycles. The molecule has 1 heterocycles. The standard InChI is InChI=1S/C9H15N3O2/c1-6(2)12-5-4-8(11-12)10-7(3)9(13)14/h4-7H,1-3H3,(H,10,11)(H,13,14). The first-order valence-corrected chi connectivity index (χ1v) is 4.55. The van der Waals surface area contributed by atoms with Crippen molar-refractivity contribution in [2.24, 2.45) is 0 Å². The summed E-state index contributed by atoms with van der Waals surface area (Å²) >= 11 is 0. The Bertz CT molecular complexity index is 320. The van der Waals surface area contributed by atoms with E-state index in [1.165, 1.54) is 0 Å². The predicted octanol–water partition coefficient (Wildman–Crippen LogP) is 1.35. The van der Waals surface area contributed by atoms with Crippen molar-refractivity contribution in [2.45, 2.75) is 32.9 Å². The SMILES string of the molecule is CC(Nc1ccn(C(C)C)n1)C(=O)O. The summed E-state index contributed by atoms with van der Waals surface area (Å²) in [5.41, 5.74) is 0.